The summed E-state index contributed by atoms with van der Waals surface area (Å²) in [7, 11) is 13.2. The van der Waals surface area contributed by atoms with E-state index in [1.807, 2.05) is 0 Å². The van der Waals surface area contributed by atoms with Gasteiger partial charge in [-0.1, -0.05) is 11.6 Å². The highest BCUT2D eigenvalue weighted by Crippen LogP contribution is 2.29. The monoisotopic (exact) mass is 257 g/mol. The van der Waals surface area contributed by atoms with E-state index in [2.05, 4.69) is 47.4 Å². The molecule has 0 radical (unpaired) electrons. The highest BCUT2D eigenvalue weighted by molar-refractivity contribution is 5.89. The lowest BCUT2D eigenvalue weighted by atomic mass is 9.78. The molecular weight excluding hydrogens is 226 g/mol. The number of oxime groups is 1. The second-order valence-electron chi connectivity index (χ2n) is 7.80. The molecule has 4 nitrogen and oxygen atoms in total. The fourth-order valence-electron chi connectivity index (χ4n) is 3.10. The lowest BCUT2D eigenvalue weighted by Gasteiger charge is -2.37. The van der Waals surface area contributed by atoms with Gasteiger partial charge in [-0.3, -0.25) is 0 Å². The average molecular weight is 257 g/mol. The lowest BCUT2D eigenvalue weighted by Crippen LogP contribution is -2.48. The number of rotatable bonds is 4. The molecule has 1 N–H and O–H groups in total. The Labute approximate surface area is 112 Å². The minimum absolute atomic E-state index is 0.445. The van der Waals surface area contributed by atoms with E-state index in [-0.39, 0.29) is 0 Å². The molecule has 0 unspecified atom stereocenters. The molecule has 0 aromatic heterocycles. The maximum atomic E-state index is 9.40. The van der Waals surface area contributed by atoms with Gasteiger partial charge in [0.1, 0.15) is 0 Å². The molecule has 1 aliphatic rings. The summed E-state index contributed by atoms with van der Waals surface area (Å²) in [6.45, 7) is 2.13. The van der Waals surface area contributed by atoms with Gasteiger partial charge < -0.3 is 14.2 Å². The molecule has 18 heavy (non-hydrogen) atoms. The van der Waals surface area contributed by atoms with E-state index in [1.54, 1.807) is 0 Å². The van der Waals surface area contributed by atoms with Crippen molar-refractivity contribution < 1.29 is 14.2 Å². The largest absolute Gasteiger partial charge is 0.411 e. The third kappa shape index (κ3) is 4.94. The van der Waals surface area contributed by atoms with Crippen LogP contribution >= 0.6 is 0 Å². The Morgan fingerprint density at radius 2 is 1.33 bits per heavy atom. The molecule has 4 heteroatoms. The summed E-state index contributed by atoms with van der Waals surface area (Å²) in [5.41, 5.74) is 1.04. The molecule has 1 rings (SSSR count). The first-order chi connectivity index (χ1) is 8.12. The first kappa shape index (κ1) is 15.4. The van der Waals surface area contributed by atoms with Gasteiger partial charge in [0.15, 0.2) is 0 Å². The van der Waals surface area contributed by atoms with Crippen LogP contribution < -0.4 is 0 Å². The van der Waals surface area contributed by atoms with Crippen LogP contribution in [0.2, 0.25) is 0 Å². The van der Waals surface area contributed by atoms with Gasteiger partial charge >= 0.3 is 0 Å². The standard InChI is InChI=1S/C14H30N3O/c1-16(2,3)10-12-8-7-9-13(14(12)15-18)11-17(4,5)6/h12-13H,7-11H2,1-6H3/q+1/p+1/t12-,13+. The minimum Gasteiger partial charge on any atom is -0.411 e. The predicted molar refractivity (Wildman–Crippen MR) is 75.9 cm³/mol. The Kier molecular flexibility index (Phi) is 4.78. The zero-order chi connectivity index (χ0) is 14.0. The summed E-state index contributed by atoms with van der Waals surface area (Å²) < 4.78 is 1.86. The summed E-state index contributed by atoms with van der Waals surface area (Å²) >= 11 is 0. The van der Waals surface area contributed by atoms with E-state index in [0.29, 0.717) is 11.8 Å². The summed E-state index contributed by atoms with van der Waals surface area (Å²) in [6.07, 6.45) is 3.60. The Balaban J connectivity index is 2.77. The molecule has 2 atom stereocenters. The van der Waals surface area contributed by atoms with E-state index >= 15 is 0 Å². The van der Waals surface area contributed by atoms with Gasteiger partial charge in [0.05, 0.1) is 72.9 Å². The van der Waals surface area contributed by atoms with Crippen molar-refractivity contribution in [2.24, 2.45) is 17.0 Å². The van der Waals surface area contributed by atoms with Crippen LogP contribution in [0.3, 0.4) is 0 Å². The smallest absolute Gasteiger partial charge is 0.0863 e. The van der Waals surface area contributed by atoms with Gasteiger partial charge in [0.25, 0.3) is 0 Å². The maximum Gasteiger partial charge on any atom is 0.0863 e. The van der Waals surface area contributed by atoms with Crippen molar-refractivity contribution in [1.82, 2.24) is 0 Å². The van der Waals surface area contributed by atoms with Crippen LogP contribution in [0.4, 0.5) is 0 Å². The fraction of sp³-hybridized carbons (Fsp3) is 0.929. The summed E-state index contributed by atoms with van der Waals surface area (Å²) in [5, 5.41) is 13.1. The van der Waals surface area contributed by atoms with Gasteiger partial charge in [-0.15, -0.1) is 0 Å². The molecule has 0 spiro atoms. The van der Waals surface area contributed by atoms with Crippen LogP contribution in [-0.2, 0) is 0 Å². The first-order valence-electron chi connectivity index (χ1n) is 6.95. The predicted octanol–water partition coefficient (Wildman–Crippen LogP) is 1.65. The van der Waals surface area contributed by atoms with Crippen LogP contribution in [-0.4, -0.2) is 75.3 Å². The van der Waals surface area contributed by atoms with Gasteiger partial charge in [0.2, 0.25) is 0 Å². The van der Waals surface area contributed by atoms with Crippen LogP contribution in [0.5, 0.6) is 0 Å². The third-order valence-electron chi connectivity index (χ3n) is 3.59. The highest BCUT2D eigenvalue weighted by atomic mass is 16.4. The second kappa shape index (κ2) is 5.57. The molecule has 0 bridgehead atoms. The van der Waals surface area contributed by atoms with Crippen molar-refractivity contribution in [2.45, 2.75) is 19.3 Å². The quantitative estimate of drug-likeness (QED) is 0.463. The van der Waals surface area contributed by atoms with Gasteiger partial charge in [-0.25, -0.2) is 0 Å². The number of hydrogen-bond donors (Lipinski definition) is 1. The average Bonchev–Trinajstić information content (AvgIpc) is 2.12. The Morgan fingerprint density at radius 1 is 0.944 bits per heavy atom. The SMILES string of the molecule is C[N+](C)(C)C[C@H]1CCC[C@@H](C[N+](C)(C)C)C1=NO. The van der Waals surface area contributed by atoms with Crippen LogP contribution in [0.25, 0.3) is 0 Å². The fourth-order valence-corrected chi connectivity index (χ4v) is 3.10. The van der Waals surface area contributed by atoms with Crippen molar-refractivity contribution in [3.8, 4) is 0 Å². The molecular formula is C14H31N3O+2. The van der Waals surface area contributed by atoms with Crippen LogP contribution in [0.1, 0.15) is 19.3 Å². The Hall–Kier alpha value is -0.610. The Morgan fingerprint density at radius 3 is 1.61 bits per heavy atom. The van der Waals surface area contributed by atoms with Crippen molar-refractivity contribution in [1.29, 1.82) is 0 Å². The molecule has 0 aliphatic heterocycles. The molecule has 1 saturated carbocycles. The van der Waals surface area contributed by atoms with Crippen molar-refractivity contribution in [3.05, 3.63) is 0 Å². The van der Waals surface area contributed by atoms with Gasteiger partial charge in [-0.2, -0.15) is 0 Å². The first-order valence-corrected chi connectivity index (χ1v) is 6.95. The number of hydrogen-bond acceptors (Lipinski definition) is 2. The molecule has 1 fully saturated rings. The topological polar surface area (TPSA) is 32.6 Å². The molecule has 0 amide bonds. The van der Waals surface area contributed by atoms with Crippen molar-refractivity contribution >= 4 is 5.71 Å². The zero-order valence-corrected chi connectivity index (χ0v) is 13.0. The van der Waals surface area contributed by atoms with E-state index in [1.165, 1.54) is 19.3 Å². The summed E-state index contributed by atoms with van der Waals surface area (Å²) in [6, 6.07) is 0. The number of nitrogens with zero attached hydrogens (tertiary/aromatic N) is 3. The molecule has 0 saturated heterocycles. The van der Waals surface area contributed by atoms with Crippen molar-refractivity contribution in [2.75, 3.05) is 55.4 Å². The minimum atomic E-state index is 0.445. The Bertz CT molecular complexity index is 273. The summed E-state index contributed by atoms with van der Waals surface area (Å²) in [5.74, 6) is 0.889. The molecule has 0 aromatic carbocycles. The highest BCUT2D eigenvalue weighted by Gasteiger charge is 2.35. The lowest BCUT2D eigenvalue weighted by molar-refractivity contribution is -0.874. The van der Waals surface area contributed by atoms with Gasteiger partial charge in [-0.05, 0) is 12.8 Å². The third-order valence-corrected chi connectivity index (χ3v) is 3.59. The van der Waals surface area contributed by atoms with E-state index < -0.39 is 0 Å². The van der Waals surface area contributed by atoms with E-state index in [9.17, 15) is 5.21 Å². The van der Waals surface area contributed by atoms with Crippen LogP contribution in [0, 0.1) is 11.8 Å². The molecule has 0 heterocycles. The van der Waals surface area contributed by atoms with E-state index in [0.717, 1.165) is 27.8 Å². The zero-order valence-electron chi connectivity index (χ0n) is 13.0. The number of quaternary nitrogens is 2. The van der Waals surface area contributed by atoms with Crippen molar-refractivity contribution in [3.63, 3.8) is 0 Å². The normalized spacial score (nSPS) is 28.7. The second-order valence-corrected chi connectivity index (χ2v) is 7.80. The summed E-state index contributed by atoms with van der Waals surface area (Å²) in [4.78, 5) is 0. The molecule has 106 valence electrons. The molecule has 1 aliphatic carbocycles. The van der Waals surface area contributed by atoms with Crippen LogP contribution in [0.15, 0.2) is 5.16 Å². The van der Waals surface area contributed by atoms with Gasteiger partial charge in [0, 0.05) is 0 Å². The van der Waals surface area contributed by atoms with E-state index in [4.69, 9.17) is 0 Å². The maximum absolute atomic E-state index is 9.40. The molecule has 0 aromatic rings.